The Balaban J connectivity index is 1.59. The minimum Gasteiger partial charge on any atom is -0.296 e. The number of fused-ring (bicyclic) bond motifs is 3. The summed E-state index contributed by atoms with van der Waals surface area (Å²) in [7, 11) is 0. The molecular weight excluding hydrogens is 422 g/mol. The lowest BCUT2D eigenvalue weighted by Crippen LogP contribution is -2.35. The van der Waals surface area contributed by atoms with Crippen molar-refractivity contribution in [3.63, 3.8) is 0 Å². The first-order valence-corrected chi connectivity index (χ1v) is 11.5. The molecule has 0 unspecified atom stereocenters. The summed E-state index contributed by atoms with van der Waals surface area (Å²) < 4.78 is 2.91. The average molecular weight is 442 g/mol. The van der Waals surface area contributed by atoms with Crippen molar-refractivity contribution in [2.24, 2.45) is 0 Å². The molecule has 5 heterocycles. The molecule has 10 heteroatoms. The quantitative estimate of drug-likeness (QED) is 0.516. The molecule has 1 N–H and O–H groups in total. The minimum atomic E-state index is -0.448. The minimum absolute atomic E-state index is 0.0839. The zero-order valence-corrected chi connectivity index (χ0v) is 18.2. The number of amides is 1. The molecule has 0 aromatic carbocycles. The Morgan fingerprint density at radius 3 is 2.77 bits per heavy atom. The van der Waals surface area contributed by atoms with Crippen LogP contribution in [0.5, 0.6) is 0 Å². The highest BCUT2D eigenvalue weighted by molar-refractivity contribution is 7.20. The first-order valence-electron chi connectivity index (χ1n) is 9.76. The summed E-state index contributed by atoms with van der Waals surface area (Å²) in [4.78, 5) is 49.6. The predicted octanol–water partition coefficient (Wildman–Crippen LogP) is 2.96. The van der Waals surface area contributed by atoms with E-state index in [4.69, 9.17) is 4.98 Å². The molecule has 8 nitrogen and oxygen atoms in total. The van der Waals surface area contributed by atoms with Gasteiger partial charge in [0.15, 0.2) is 0 Å². The maximum atomic E-state index is 13.1. The Morgan fingerprint density at radius 1 is 1.10 bits per heavy atom. The molecule has 1 aliphatic rings. The van der Waals surface area contributed by atoms with Gasteiger partial charge in [0, 0.05) is 13.0 Å². The van der Waals surface area contributed by atoms with Gasteiger partial charge in [0.1, 0.15) is 21.3 Å². The molecule has 4 aromatic heterocycles. The highest BCUT2D eigenvalue weighted by Gasteiger charge is 2.23. The fraction of sp³-hybridized carbons (Fsp3) is 0.350. The van der Waals surface area contributed by atoms with Gasteiger partial charge in [-0.2, -0.15) is 0 Å². The maximum absolute atomic E-state index is 13.1. The van der Waals surface area contributed by atoms with E-state index in [1.54, 1.807) is 29.9 Å². The lowest BCUT2D eigenvalue weighted by molar-refractivity contribution is 0.101. The van der Waals surface area contributed by atoms with Gasteiger partial charge in [-0.15, -0.1) is 22.7 Å². The van der Waals surface area contributed by atoms with E-state index in [9.17, 15) is 14.4 Å². The molecule has 154 valence electrons. The Bertz CT molecular complexity index is 1440. The van der Waals surface area contributed by atoms with E-state index < -0.39 is 5.91 Å². The topological polar surface area (TPSA) is 98.9 Å². The summed E-state index contributed by atoms with van der Waals surface area (Å²) in [5, 5.41) is 2.75. The van der Waals surface area contributed by atoms with Crippen LogP contribution >= 0.6 is 22.7 Å². The molecule has 0 saturated carbocycles. The van der Waals surface area contributed by atoms with E-state index in [1.807, 2.05) is 0 Å². The average Bonchev–Trinajstić information content (AvgIpc) is 3.22. The summed E-state index contributed by atoms with van der Waals surface area (Å²) in [6, 6.07) is 1.69. The Hall–Kier alpha value is -2.85. The van der Waals surface area contributed by atoms with Crippen molar-refractivity contribution in [1.82, 2.24) is 19.2 Å². The van der Waals surface area contributed by atoms with Crippen LogP contribution in [0.1, 0.15) is 46.1 Å². The van der Waals surface area contributed by atoms with E-state index in [-0.39, 0.29) is 11.1 Å². The number of thiophene rings is 2. The van der Waals surface area contributed by atoms with Crippen molar-refractivity contribution in [1.29, 1.82) is 0 Å². The van der Waals surface area contributed by atoms with Gasteiger partial charge in [0.2, 0.25) is 0 Å². The molecule has 4 aromatic rings. The van der Waals surface area contributed by atoms with Crippen LogP contribution < -0.4 is 16.5 Å². The molecular formula is C20H19N5O3S2. The molecule has 0 radical (unpaired) electrons. The van der Waals surface area contributed by atoms with E-state index in [0.29, 0.717) is 43.2 Å². The molecule has 0 spiro atoms. The fourth-order valence-electron chi connectivity index (χ4n) is 3.93. The number of rotatable bonds is 2. The Kier molecular flexibility index (Phi) is 4.55. The molecule has 0 fully saturated rings. The Morgan fingerprint density at radius 2 is 1.93 bits per heavy atom. The molecule has 5 rings (SSSR count). The van der Waals surface area contributed by atoms with Crippen LogP contribution in [0.4, 0.5) is 0 Å². The van der Waals surface area contributed by atoms with E-state index >= 15 is 0 Å². The molecule has 0 bridgehead atoms. The van der Waals surface area contributed by atoms with Crippen LogP contribution in [0.2, 0.25) is 0 Å². The number of hydrogen-bond donors (Lipinski definition) is 1. The van der Waals surface area contributed by atoms with Crippen molar-refractivity contribution in [3.8, 4) is 0 Å². The van der Waals surface area contributed by atoms with Gasteiger partial charge in [-0.25, -0.2) is 14.6 Å². The summed E-state index contributed by atoms with van der Waals surface area (Å²) in [6.07, 6.45) is 3.82. The number of carbonyl (C=O) groups is 1. The van der Waals surface area contributed by atoms with Crippen LogP contribution in [0.3, 0.4) is 0 Å². The molecule has 0 saturated heterocycles. The van der Waals surface area contributed by atoms with Gasteiger partial charge in [0.25, 0.3) is 17.0 Å². The largest absolute Gasteiger partial charge is 0.296 e. The second kappa shape index (κ2) is 7.13. The number of hydrogen-bond acceptors (Lipinski definition) is 7. The molecule has 0 aliphatic carbocycles. The van der Waals surface area contributed by atoms with Gasteiger partial charge < -0.3 is 0 Å². The first-order chi connectivity index (χ1) is 14.5. The van der Waals surface area contributed by atoms with Gasteiger partial charge in [-0.3, -0.25) is 24.4 Å². The summed E-state index contributed by atoms with van der Waals surface area (Å²) in [6.45, 7) is 4.09. The van der Waals surface area contributed by atoms with Crippen LogP contribution in [0, 0.1) is 13.8 Å². The standard InChI is InChI=1S/C20H19N5O3S2/c1-10-14-18(22-13-6-4-3-5-8-24(13)20(14)28)30-15(10)16(26)23-25-11(2)21-17-12(19(25)27)7-9-29-17/h7,9H,3-6,8H2,1-2H3,(H,23,26). The lowest BCUT2D eigenvalue weighted by Gasteiger charge is -2.10. The van der Waals surface area contributed by atoms with Crippen LogP contribution in [0.15, 0.2) is 21.0 Å². The third-order valence-electron chi connectivity index (χ3n) is 5.50. The van der Waals surface area contributed by atoms with Crippen molar-refractivity contribution in [3.05, 3.63) is 54.2 Å². The van der Waals surface area contributed by atoms with Crippen molar-refractivity contribution >= 4 is 49.0 Å². The predicted molar refractivity (Wildman–Crippen MR) is 118 cm³/mol. The summed E-state index contributed by atoms with van der Waals surface area (Å²) in [5.41, 5.74) is 2.85. The smallest absolute Gasteiger partial charge is 0.281 e. The van der Waals surface area contributed by atoms with Crippen LogP contribution in [-0.4, -0.2) is 25.1 Å². The number of nitrogens with zero attached hydrogens (tertiary/aromatic N) is 4. The third-order valence-corrected chi connectivity index (χ3v) is 7.49. The lowest BCUT2D eigenvalue weighted by atomic mass is 10.2. The van der Waals surface area contributed by atoms with E-state index in [0.717, 1.165) is 36.2 Å². The molecule has 30 heavy (non-hydrogen) atoms. The van der Waals surface area contributed by atoms with E-state index in [1.165, 1.54) is 22.7 Å². The van der Waals surface area contributed by atoms with Gasteiger partial charge in [-0.05, 0) is 43.7 Å². The number of aromatic nitrogens is 4. The zero-order chi connectivity index (χ0) is 21.0. The number of aryl methyl sites for hydroxylation is 3. The van der Waals surface area contributed by atoms with Crippen molar-refractivity contribution in [2.45, 2.75) is 46.1 Å². The second-order valence-electron chi connectivity index (χ2n) is 7.41. The first kappa shape index (κ1) is 19.1. The third kappa shape index (κ3) is 2.90. The second-order valence-corrected chi connectivity index (χ2v) is 9.31. The van der Waals surface area contributed by atoms with Crippen LogP contribution in [-0.2, 0) is 13.0 Å². The fourth-order valence-corrected chi connectivity index (χ4v) is 5.81. The highest BCUT2D eigenvalue weighted by Crippen LogP contribution is 2.28. The van der Waals surface area contributed by atoms with Gasteiger partial charge in [0.05, 0.1) is 15.6 Å². The van der Waals surface area contributed by atoms with Gasteiger partial charge >= 0.3 is 0 Å². The molecule has 0 atom stereocenters. The summed E-state index contributed by atoms with van der Waals surface area (Å²) >= 11 is 2.57. The van der Waals surface area contributed by atoms with E-state index in [2.05, 4.69) is 10.4 Å². The maximum Gasteiger partial charge on any atom is 0.281 e. The molecule has 1 aliphatic heterocycles. The van der Waals surface area contributed by atoms with Crippen molar-refractivity contribution < 1.29 is 4.79 Å². The normalized spacial score (nSPS) is 14.1. The zero-order valence-electron chi connectivity index (χ0n) is 16.5. The van der Waals surface area contributed by atoms with Crippen LogP contribution in [0.25, 0.3) is 20.4 Å². The SMILES string of the molecule is Cc1c(C(=O)Nn2c(C)nc3sccc3c2=O)sc2nc3n(c(=O)c12)CCCCC3. The highest BCUT2D eigenvalue weighted by atomic mass is 32.1. The Labute approximate surface area is 178 Å². The van der Waals surface area contributed by atoms with Crippen molar-refractivity contribution in [2.75, 3.05) is 5.43 Å². The molecule has 1 amide bonds. The number of nitrogens with one attached hydrogen (secondary N) is 1. The van der Waals surface area contributed by atoms with Gasteiger partial charge in [-0.1, -0.05) is 6.42 Å². The summed E-state index contributed by atoms with van der Waals surface area (Å²) in [5.74, 6) is 0.737. The number of carbonyl (C=O) groups excluding carboxylic acids is 1. The monoisotopic (exact) mass is 441 g/mol.